The number of carbonyl (C=O) groups excluding carboxylic acids is 1. The first kappa shape index (κ1) is 11.4. The third-order valence-electron chi connectivity index (χ3n) is 1.94. The van der Waals surface area contributed by atoms with E-state index in [1.54, 1.807) is 6.92 Å². The van der Waals surface area contributed by atoms with Gasteiger partial charge in [0.15, 0.2) is 0 Å². The van der Waals surface area contributed by atoms with Crippen LogP contribution in [-0.4, -0.2) is 18.1 Å². The van der Waals surface area contributed by atoms with E-state index < -0.39 is 5.97 Å². The maximum Gasteiger partial charge on any atom is 0.341 e. The van der Waals surface area contributed by atoms with Crippen LogP contribution in [0.3, 0.4) is 0 Å². The van der Waals surface area contributed by atoms with Crippen LogP contribution in [0.25, 0.3) is 0 Å². The molecule has 0 rings (SSSR count). The van der Waals surface area contributed by atoms with Gasteiger partial charge in [0.2, 0.25) is 0 Å². The van der Waals surface area contributed by atoms with E-state index in [-0.39, 0.29) is 6.04 Å². The van der Waals surface area contributed by atoms with E-state index in [1.807, 2.05) is 0 Å². The Morgan fingerprint density at radius 2 is 2.00 bits per heavy atom. The lowest BCUT2D eigenvalue weighted by atomic mass is 10.1. The number of rotatable bonds is 5. The molecule has 0 aromatic carbocycles. The molecule has 4 heteroatoms. The van der Waals surface area contributed by atoms with E-state index in [2.05, 4.69) is 24.0 Å². The fraction of sp³-hybridized carbons (Fsp3) is 0.875. The van der Waals surface area contributed by atoms with Gasteiger partial charge in [0.05, 0.1) is 0 Å². The Kier molecular flexibility index (Phi) is 5.66. The highest BCUT2D eigenvalue weighted by Gasteiger charge is 2.15. The first-order chi connectivity index (χ1) is 5.65. The maximum atomic E-state index is 10.9. The molecule has 0 aliphatic carbocycles. The Labute approximate surface area is 73.4 Å². The molecule has 0 aliphatic rings. The van der Waals surface area contributed by atoms with Crippen LogP contribution >= 0.6 is 0 Å². The average Bonchev–Trinajstić information content (AvgIpc) is 2.12. The minimum Gasteiger partial charge on any atom is -0.372 e. The SMILES string of the molecule is CCC(CC)NC(C)C(=O)ON. The van der Waals surface area contributed by atoms with Gasteiger partial charge in [-0.1, -0.05) is 13.8 Å². The normalized spacial score (nSPS) is 13.1. The molecule has 0 bridgehead atoms. The molecule has 0 saturated carbocycles. The highest BCUT2D eigenvalue weighted by molar-refractivity contribution is 5.74. The zero-order valence-corrected chi connectivity index (χ0v) is 7.96. The standard InChI is InChI=1S/C8H18N2O2/c1-4-7(5-2)10-6(3)8(11)12-9/h6-7,10H,4-5,9H2,1-3H3. The lowest BCUT2D eigenvalue weighted by molar-refractivity contribution is -0.146. The molecule has 1 unspecified atom stereocenters. The average molecular weight is 174 g/mol. The van der Waals surface area contributed by atoms with E-state index in [0.717, 1.165) is 12.8 Å². The van der Waals surface area contributed by atoms with Crippen molar-refractivity contribution < 1.29 is 9.63 Å². The predicted molar refractivity (Wildman–Crippen MR) is 47.2 cm³/mol. The third kappa shape index (κ3) is 3.69. The summed E-state index contributed by atoms with van der Waals surface area (Å²) in [5.41, 5.74) is 0. The molecule has 0 spiro atoms. The highest BCUT2D eigenvalue weighted by atomic mass is 16.7. The molecule has 0 aromatic rings. The van der Waals surface area contributed by atoms with Crippen molar-refractivity contribution in [1.29, 1.82) is 0 Å². The van der Waals surface area contributed by atoms with Crippen molar-refractivity contribution in [1.82, 2.24) is 5.32 Å². The molecule has 1 atom stereocenters. The van der Waals surface area contributed by atoms with Crippen LogP contribution in [0.15, 0.2) is 0 Å². The van der Waals surface area contributed by atoms with Gasteiger partial charge in [0.1, 0.15) is 6.04 Å². The van der Waals surface area contributed by atoms with Gasteiger partial charge in [-0.2, -0.15) is 5.90 Å². The van der Waals surface area contributed by atoms with E-state index in [1.165, 1.54) is 0 Å². The van der Waals surface area contributed by atoms with Crippen molar-refractivity contribution in [3.05, 3.63) is 0 Å². The van der Waals surface area contributed by atoms with E-state index >= 15 is 0 Å². The molecule has 0 aromatic heterocycles. The Balaban J connectivity index is 3.80. The highest BCUT2D eigenvalue weighted by Crippen LogP contribution is 1.98. The van der Waals surface area contributed by atoms with Crippen LogP contribution in [0, 0.1) is 0 Å². The van der Waals surface area contributed by atoms with Gasteiger partial charge in [-0.25, -0.2) is 4.79 Å². The molecule has 3 N–H and O–H groups in total. The largest absolute Gasteiger partial charge is 0.372 e. The van der Waals surface area contributed by atoms with Crippen LogP contribution in [0.5, 0.6) is 0 Å². The summed E-state index contributed by atoms with van der Waals surface area (Å²) in [6.45, 7) is 5.89. The summed E-state index contributed by atoms with van der Waals surface area (Å²) in [6, 6.07) is 0.0407. The van der Waals surface area contributed by atoms with Crippen LogP contribution < -0.4 is 11.2 Å². The molecule has 72 valence electrons. The van der Waals surface area contributed by atoms with Gasteiger partial charge >= 0.3 is 5.97 Å². The van der Waals surface area contributed by atoms with Gasteiger partial charge < -0.3 is 10.2 Å². The van der Waals surface area contributed by atoms with E-state index in [9.17, 15) is 4.79 Å². The Hall–Kier alpha value is -0.610. The summed E-state index contributed by atoms with van der Waals surface area (Å²) in [5.74, 6) is 4.33. The monoisotopic (exact) mass is 174 g/mol. The van der Waals surface area contributed by atoms with Gasteiger partial charge in [-0.3, -0.25) is 0 Å². The van der Waals surface area contributed by atoms with Gasteiger partial charge in [-0.15, -0.1) is 0 Å². The summed E-state index contributed by atoms with van der Waals surface area (Å²) in [6.07, 6.45) is 2.00. The molecular formula is C8H18N2O2. The first-order valence-electron chi connectivity index (χ1n) is 4.32. The predicted octanol–water partition coefficient (Wildman–Crippen LogP) is 0.570. The Morgan fingerprint density at radius 1 is 1.50 bits per heavy atom. The molecule has 0 aliphatic heterocycles. The minimum atomic E-state index is -0.415. The summed E-state index contributed by atoms with van der Waals surface area (Å²) >= 11 is 0. The quantitative estimate of drug-likeness (QED) is 0.598. The maximum absolute atomic E-state index is 10.9. The number of hydrogen-bond donors (Lipinski definition) is 2. The fourth-order valence-corrected chi connectivity index (χ4v) is 1.05. The molecule has 4 nitrogen and oxygen atoms in total. The second kappa shape index (κ2) is 5.97. The number of nitrogens with one attached hydrogen (secondary N) is 1. The van der Waals surface area contributed by atoms with Gasteiger partial charge in [0, 0.05) is 6.04 Å². The Bertz CT molecular complexity index is 135. The molecule has 0 heterocycles. The van der Waals surface area contributed by atoms with Gasteiger partial charge in [-0.05, 0) is 19.8 Å². The number of hydrogen-bond acceptors (Lipinski definition) is 4. The topological polar surface area (TPSA) is 64.3 Å². The second-order valence-corrected chi connectivity index (χ2v) is 2.84. The molecule has 0 fully saturated rings. The first-order valence-corrected chi connectivity index (χ1v) is 4.32. The zero-order valence-electron chi connectivity index (χ0n) is 7.96. The van der Waals surface area contributed by atoms with Gasteiger partial charge in [0.25, 0.3) is 0 Å². The lowest BCUT2D eigenvalue weighted by Gasteiger charge is -2.18. The minimum absolute atomic E-state index is 0.320. The van der Waals surface area contributed by atoms with Crippen LogP contribution in [0.2, 0.25) is 0 Å². The van der Waals surface area contributed by atoms with Crippen molar-refractivity contribution in [2.24, 2.45) is 5.90 Å². The fourth-order valence-electron chi connectivity index (χ4n) is 1.05. The molecule has 0 radical (unpaired) electrons. The van der Waals surface area contributed by atoms with Crippen LogP contribution in [0.4, 0.5) is 0 Å². The summed E-state index contributed by atoms with van der Waals surface area (Å²) in [4.78, 5) is 15.0. The van der Waals surface area contributed by atoms with Crippen molar-refractivity contribution in [3.8, 4) is 0 Å². The van der Waals surface area contributed by atoms with Crippen molar-refractivity contribution in [2.45, 2.75) is 45.7 Å². The van der Waals surface area contributed by atoms with Crippen LogP contribution in [0.1, 0.15) is 33.6 Å². The lowest BCUT2D eigenvalue weighted by Crippen LogP contribution is -2.42. The summed E-state index contributed by atoms with van der Waals surface area (Å²) < 4.78 is 0. The zero-order chi connectivity index (χ0) is 9.56. The second-order valence-electron chi connectivity index (χ2n) is 2.84. The van der Waals surface area contributed by atoms with Crippen molar-refractivity contribution >= 4 is 5.97 Å². The molecular weight excluding hydrogens is 156 g/mol. The number of carbonyl (C=O) groups is 1. The smallest absolute Gasteiger partial charge is 0.341 e. The van der Waals surface area contributed by atoms with Crippen LogP contribution in [-0.2, 0) is 9.63 Å². The summed E-state index contributed by atoms with van der Waals surface area (Å²) in [5, 5.41) is 3.11. The molecule has 12 heavy (non-hydrogen) atoms. The van der Waals surface area contributed by atoms with E-state index in [0.29, 0.717) is 6.04 Å². The summed E-state index contributed by atoms with van der Waals surface area (Å²) in [7, 11) is 0. The van der Waals surface area contributed by atoms with E-state index in [4.69, 9.17) is 5.90 Å². The van der Waals surface area contributed by atoms with Crippen molar-refractivity contribution in [3.63, 3.8) is 0 Å². The third-order valence-corrected chi connectivity index (χ3v) is 1.94. The molecule has 0 saturated heterocycles. The number of nitrogens with two attached hydrogens (primary N) is 1. The van der Waals surface area contributed by atoms with Crippen molar-refractivity contribution in [2.75, 3.05) is 0 Å². The Morgan fingerprint density at radius 3 is 2.33 bits per heavy atom. The molecule has 0 amide bonds.